The first-order valence-corrected chi connectivity index (χ1v) is 12.8. The Morgan fingerprint density at radius 2 is 1.57 bits per heavy atom. The number of Topliss-reactive ketones (excluding diaryl/α,β-unsaturated/α-hetero) is 1. The Labute approximate surface area is 209 Å². The Hall–Kier alpha value is -3.08. The van der Waals surface area contributed by atoms with Gasteiger partial charge in [0, 0.05) is 10.9 Å². The third-order valence-electron chi connectivity index (χ3n) is 6.40. The molecule has 0 saturated carbocycles. The fraction of sp³-hybridized carbons (Fsp3) is 0.467. The normalized spacial score (nSPS) is 11.7. The van der Waals surface area contributed by atoms with Crippen molar-refractivity contribution >= 4 is 22.7 Å². The van der Waals surface area contributed by atoms with Gasteiger partial charge in [0.25, 0.3) is 0 Å². The first kappa shape index (κ1) is 26.5. The van der Waals surface area contributed by atoms with Gasteiger partial charge in [-0.25, -0.2) is 4.79 Å². The summed E-state index contributed by atoms with van der Waals surface area (Å²) in [5.41, 5.74) is 2.57. The molecular weight excluding hydrogens is 438 g/mol. The van der Waals surface area contributed by atoms with Gasteiger partial charge in [-0.3, -0.25) is 4.79 Å². The molecule has 0 spiro atoms. The van der Waals surface area contributed by atoms with Crippen molar-refractivity contribution in [1.29, 1.82) is 0 Å². The summed E-state index contributed by atoms with van der Waals surface area (Å²) >= 11 is 0. The minimum absolute atomic E-state index is 0.0473. The molecule has 2 aromatic carbocycles. The summed E-state index contributed by atoms with van der Waals surface area (Å²) in [6.07, 6.45) is 8.72. The lowest BCUT2D eigenvalue weighted by molar-refractivity contribution is -0.121. The highest BCUT2D eigenvalue weighted by atomic mass is 16.5. The van der Waals surface area contributed by atoms with Gasteiger partial charge in [-0.1, -0.05) is 90.1 Å². The Kier molecular flexibility index (Phi) is 9.13. The third-order valence-corrected chi connectivity index (χ3v) is 6.40. The van der Waals surface area contributed by atoms with Gasteiger partial charge in [-0.15, -0.1) is 0 Å². The molecule has 5 heteroatoms. The highest BCUT2D eigenvalue weighted by Crippen LogP contribution is 2.35. The molecule has 5 nitrogen and oxygen atoms in total. The van der Waals surface area contributed by atoms with E-state index in [2.05, 4.69) is 19.1 Å². The number of aromatic carboxylic acids is 1. The van der Waals surface area contributed by atoms with Gasteiger partial charge in [-0.05, 0) is 47.6 Å². The molecule has 1 aromatic heterocycles. The number of fused-ring (bicyclic) bond motifs is 1. The molecule has 0 saturated heterocycles. The zero-order chi connectivity index (χ0) is 25.4. The predicted molar refractivity (Wildman–Crippen MR) is 142 cm³/mol. The number of aryl methyl sites for hydroxylation is 1. The molecule has 0 aliphatic carbocycles. The monoisotopic (exact) mass is 477 g/mol. The Morgan fingerprint density at radius 3 is 2.23 bits per heavy atom. The molecule has 0 atom stereocenters. The standard InChI is InChI=1S/C30H39NO4/c1-5-6-7-8-9-10-13-22-16-18-24(19-17-22)35-21-23(32)20-31-26-15-12-11-14-25(26)27(30(2,3)4)28(31)29(33)34/h11-12,14-19H,5-10,13,20-21H2,1-4H3,(H,33,34). The van der Waals surface area contributed by atoms with Crippen LogP contribution in [-0.4, -0.2) is 28.0 Å². The number of aromatic nitrogens is 1. The van der Waals surface area contributed by atoms with Crippen LogP contribution in [0.4, 0.5) is 0 Å². The maximum absolute atomic E-state index is 12.8. The van der Waals surface area contributed by atoms with Gasteiger partial charge in [-0.2, -0.15) is 0 Å². The van der Waals surface area contributed by atoms with E-state index in [1.807, 2.05) is 57.2 Å². The molecule has 0 aliphatic rings. The van der Waals surface area contributed by atoms with Crippen LogP contribution in [0.2, 0.25) is 0 Å². The lowest BCUT2D eigenvalue weighted by Gasteiger charge is -2.19. The number of nitrogens with zero attached hydrogens (tertiary/aromatic N) is 1. The molecule has 0 radical (unpaired) electrons. The molecule has 0 bridgehead atoms. The van der Waals surface area contributed by atoms with Crippen LogP contribution in [0.1, 0.15) is 87.8 Å². The van der Waals surface area contributed by atoms with Crippen LogP contribution < -0.4 is 4.74 Å². The topological polar surface area (TPSA) is 68.5 Å². The summed E-state index contributed by atoms with van der Waals surface area (Å²) in [6.45, 7) is 8.06. The minimum atomic E-state index is -1.03. The maximum atomic E-state index is 12.8. The van der Waals surface area contributed by atoms with Crippen molar-refractivity contribution in [3.63, 3.8) is 0 Å². The van der Waals surface area contributed by atoms with E-state index in [0.717, 1.165) is 22.9 Å². The summed E-state index contributed by atoms with van der Waals surface area (Å²) in [4.78, 5) is 25.1. The van der Waals surface area contributed by atoms with Crippen LogP contribution >= 0.6 is 0 Å². The number of benzene rings is 2. The van der Waals surface area contributed by atoms with Gasteiger partial charge in [0.05, 0.1) is 6.54 Å². The second kappa shape index (κ2) is 12.1. The zero-order valence-corrected chi connectivity index (χ0v) is 21.6. The number of ketones is 1. The Balaban J connectivity index is 1.63. The number of hydrogen-bond acceptors (Lipinski definition) is 3. The number of para-hydroxylation sites is 1. The summed E-state index contributed by atoms with van der Waals surface area (Å²) in [5, 5.41) is 10.9. The molecule has 35 heavy (non-hydrogen) atoms. The minimum Gasteiger partial charge on any atom is -0.486 e. The van der Waals surface area contributed by atoms with Crippen molar-refractivity contribution < 1.29 is 19.4 Å². The molecule has 0 unspecified atom stereocenters. The first-order valence-electron chi connectivity index (χ1n) is 12.8. The van der Waals surface area contributed by atoms with Crippen LogP contribution in [0.15, 0.2) is 48.5 Å². The summed E-state index contributed by atoms with van der Waals surface area (Å²) in [6, 6.07) is 15.5. The summed E-state index contributed by atoms with van der Waals surface area (Å²) in [7, 11) is 0. The first-order chi connectivity index (χ1) is 16.7. The van der Waals surface area contributed by atoms with Crippen LogP contribution in [0.3, 0.4) is 0 Å². The average Bonchev–Trinajstić information content (AvgIpc) is 3.16. The highest BCUT2D eigenvalue weighted by Gasteiger charge is 2.30. The van der Waals surface area contributed by atoms with E-state index >= 15 is 0 Å². The number of carboxylic acids is 1. The van der Waals surface area contributed by atoms with Crippen molar-refractivity contribution in [3.05, 3.63) is 65.4 Å². The van der Waals surface area contributed by atoms with E-state index in [4.69, 9.17) is 4.74 Å². The van der Waals surface area contributed by atoms with Crippen LogP contribution in [0.5, 0.6) is 5.75 Å². The predicted octanol–water partition coefficient (Wildman–Crippen LogP) is 7.19. The fourth-order valence-corrected chi connectivity index (χ4v) is 4.70. The smallest absolute Gasteiger partial charge is 0.352 e. The van der Waals surface area contributed by atoms with Gasteiger partial charge in [0.1, 0.15) is 18.1 Å². The van der Waals surface area contributed by atoms with Gasteiger partial charge >= 0.3 is 5.97 Å². The van der Waals surface area contributed by atoms with Gasteiger partial charge in [0.15, 0.2) is 5.78 Å². The fourth-order valence-electron chi connectivity index (χ4n) is 4.70. The molecule has 188 valence electrons. The van der Waals surface area contributed by atoms with Crippen LogP contribution in [0, 0.1) is 0 Å². The molecular formula is C30H39NO4. The Bertz CT molecular complexity index is 1140. The Morgan fingerprint density at radius 1 is 0.914 bits per heavy atom. The third kappa shape index (κ3) is 6.97. The van der Waals surface area contributed by atoms with Gasteiger partial charge in [0.2, 0.25) is 0 Å². The maximum Gasteiger partial charge on any atom is 0.352 e. The van der Waals surface area contributed by atoms with E-state index in [1.165, 1.54) is 44.1 Å². The van der Waals surface area contributed by atoms with Crippen molar-refractivity contribution in [3.8, 4) is 5.75 Å². The van der Waals surface area contributed by atoms with Crippen molar-refractivity contribution in [2.24, 2.45) is 0 Å². The quantitative estimate of drug-likeness (QED) is 0.265. The lowest BCUT2D eigenvalue weighted by atomic mass is 9.84. The molecule has 3 rings (SSSR count). The van der Waals surface area contributed by atoms with E-state index in [1.54, 1.807) is 4.57 Å². The van der Waals surface area contributed by atoms with Crippen LogP contribution in [0.25, 0.3) is 10.9 Å². The number of rotatable bonds is 13. The van der Waals surface area contributed by atoms with Crippen molar-refractivity contribution in [2.45, 2.75) is 84.6 Å². The van der Waals surface area contributed by atoms with E-state index < -0.39 is 5.97 Å². The summed E-state index contributed by atoms with van der Waals surface area (Å²) < 4.78 is 7.36. The number of carboxylic acid groups (broad SMARTS) is 1. The van der Waals surface area contributed by atoms with E-state index in [0.29, 0.717) is 5.75 Å². The number of carbonyl (C=O) groups excluding carboxylic acids is 1. The second-order valence-corrected chi connectivity index (χ2v) is 10.4. The van der Waals surface area contributed by atoms with E-state index in [9.17, 15) is 14.7 Å². The van der Waals surface area contributed by atoms with Crippen molar-refractivity contribution in [2.75, 3.05) is 6.61 Å². The largest absolute Gasteiger partial charge is 0.486 e. The van der Waals surface area contributed by atoms with Gasteiger partial charge < -0.3 is 14.4 Å². The highest BCUT2D eigenvalue weighted by molar-refractivity contribution is 6.00. The van der Waals surface area contributed by atoms with E-state index in [-0.39, 0.29) is 30.0 Å². The number of ether oxygens (including phenoxy) is 1. The zero-order valence-electron chi connectivity index (χ0n) is 21.6. The molecule has 0 aliphatic heterocycles. The lowest BCUT2D eigenvalue weighted by Crippen LogP contribution is -2.23. The average molecular weight is 478 g/mol. The number of unbranched alkanes of at least 4 members (excludes halogenated alkanes) is 5. The number of hydrogen-bond donors (Lipinski definition) is 1. The molecule has 3 aromatic rings. The number of carbonyl (C=O) groups is 2. The summed E-state index contributed by atoms with van der Waals surface area (Å²) in [5.74, 6) is -0.554. The second-order valence-electron chi connectivity index (χ2n) is 10.4. The van der Waals surface area contributed by atoms with Crippen molar-refractivity contribution in [1.82, 2.24) is 4.57 Å². The van der Waals surface area contributed by atoms with Crippen LogP contribution in [-0.2, 0) is 23.2 Å². The molecule has 0 fully saturated rings. The molecule has 1 N–H and O–H groups in total. The molecule has 0 amide bonds. The SMILES string of the molecule is CCCCCCCCc1ccc(OCC(=O)Cn2c(C(=O)O)c(C(C)(C)C)c3ccccc32)cc1. The molecule has 1 heterocycles.